The molecule has 0 unspecified atom stereocenters. The fraction of sp³-hybridized carbons (Fsp3) is 0.219. The van der Waals surface area contributed by atoms with Crippen LogP contribution in [0, 0.1) is 0 Å². The molecule has 2 aromatic heterocycles. The minimum atomic E-state index is -4.35. The van der Waals surface area contributed by atoms with Crippen LogP contribution in [0.25, 0.3) is 16.8 Å². The second-order valence-corrected chi connectivity index (χ2v) is 10.2. The van der Waals surface area contributed by atoms with Gasteiger partial charge >= 0.3 is 6.18 Å². The molecule has 2 N–H and O–H groups in total. The van der Waals surface area contributed by atoms with Gasteiger partial charge in [0.15, 0.2) is 5.65 Å². The smallest absolute Gasteiger partial charge is 0.367 e. The van der Waals surface area contributed by atoms with E-state index in [1.54, 1.807) is 29.0 Å². The van der Waals surface area contributed by atoms with Crippen molar-refractivity contribution in [2.24, 2.45) is 0 Å². The van der Waals surface area contributed by atoms with Crippen LogP contribution in [-0.2, 0) is 19.0 Å². The molecule has 1 aliphatic heterocycles. The number of rotatable bonds is 7. The van der Waals surface area contributed by atoms with Crippen LogP contribution in [0.1, 0.15) is 27.2 Å². The van der Waals surface area contributed by atoms with Crippen molar-refractivity contribution >= 4 is 22.9 Å². The van der Waals surface area contributed by atoms with Crippen LogP contribution in [0.3, 0.4) is 0 Å². The fourth-order valence-corrected chi connectivity index (χ4v) is 5.19. The number of aromatic nitrogens is 3. The summed E-state index contributed by atoms with van der Waals surface area (Å²) in [6.07, 6.45) is 0.177. The van der Waals surface area contributed by atoms with Gasteiger partial charge in [-0.2, -0.15) is 18.3 Å². The van der Waals surface area contributed by atoms with E-state index in [2.05, 4.69) is 25.6 Å². The van der Waals surface area contributed by atoms with Crippen molar-refractivity contribution in [1.82, 2.24) is 19.9 Å². The summed E-state index contributed by atoms with van der Waals surface area (Å²) in [6.45, 7) is 3.50. The molecule has 1 amide bonds. The number of fused-ring (bicyclic) bond motifs is 1. The molecule has 6 rings (SSSR count). The van der Waals surface area contributed by atoms with Gasteiger partial charge in [-0.15, -0.1) is 0 Å². The lowest BCUT2D eigenvalue weighted by atomic mass is 10.0. The van der Waals surface area contributed by atoms with E-state index in [-0.39, 0.29) is 11.6 Å². The van der Waals surface area contributed by atoms with E-state index >= 15 is 0 Å². The zero-order chi connectivity index (χ0) is 29.1. The van der Waals surface area contributed by atoms with E-state index in [1.807, 2.05) is 48.5 Å². The third-order valence-corrected chi connectivity index (χ3v) is 7.43. The maximum absolute atomic E-state index is 13.3. The van der Waals surface area contributed by atoms with Crippen LogP contribution in [0.5, 0.6) is 0 Å². The standard InChI is InChI=1S/C32H29F3N6O/c33-32(34,35)25-5-3-4-23(20-25)9-8-22-10-12-24(13-11-22)26-21-37-41-17-14-28(38-30(26)41)31(42)39-27-6-1-2-7-29(27)40-18-15-36-16-19-40/h1-7,10-14,17,20-21,36H,8-9,15-16,18-19H2,(H,39,42). The summed E-state index contributed by atoms with van der Waals surface area (Å²) in [4.78, 5) is 20.2. The largest absolute Gasteiger partial charge is 0.416 e. The van der Waals surface area contributed by atoms with Crippen molar-refractivity contribution in [2.75, 3.05) is 36.4 Å². The van der Waals surface area contributed by atoms with Crippen molar-refractivity contribution in [3.63, 3.8) is 0 Å². The van der Waals surface area contributed by atoms with Crippen molar-refractivity contribution in [3.05, 3.63) is 114 Å². The molecule has 5 aromatic rings. The van der Waals surface area contributed by atoms with E-state index in [0.29, 0.717) is 24.1 Å². The second-order valence-electron chi connectivity index (χ2n) is 10.2. The topological polar surface area (TPSA) is 74.6 Å². The number of nitrogens with zero attached hydrogens (tertiary/aromatic N) is 4. The number of para-hydroxylation sites is 2. The quantitative estimate of drug-likeness (QED) is 0.256. The first kappa shape index (κ1) is 27.5. The zero-order valence-electron chi connectivity index (χ0n) is 22.7. The van der Waals surface area contributed by atoms with Gasteiger partial charge in [0.1, 0.15) is 5.69 Å². The van der Waals surface area contributed by atoms with E-state index in [4.69, 9.17) is 0 Å². The molecule has 1 fully saturated rings. The van der Waals surface area contributed by atoms with Crippen molar-refractivity contribution in [1.29, 1.82) is 0 Å². The van der Waals surface area contributed by atoms with Gasteiger partial charge in [-0.25, -0.2) is 9.50 Å². The minimum absolute atomic E-state index is 0.275. The van der Waals surface area contributed by atoms with Crippen LogP contribution in [0.2, 0.25) is 0 Å². The predicted molar refractivity (Wildman–Crippen MR) is 157 cm³/mol. The first-order valence-corrected chi connectivity index (χ1v) is 13.8. The number of carbonyl (C=O) groups excluding carboxylic acids is 1. The van der Waals surface area contributed by atoms with E-state index < -0.39 is 11.7 Å². The maximum atomic E-state index is 13.3. The summed E-state index contributed by atoms with van der Waals surface area (Å²) in [6, 6.07) is 22.7. The summed E-state index contributed by atoms with van der Waals surface area (Å²) in [5.74, 6) is -0.308. The Morgan fingerprint density at radius 3 is 2.45 bits per heavy atom. The van der Waals surface area contributed by atoms with Crippen LogP contribution in [-0.4, -0.2) is 46.7 Å². The molecule has 1 saturated heterocycles. The van der Waals surface area contributed by atoms with Crippen molar-refractivity contribution in [2.45, 2.75) is 19.0 Å². The fourth-order valence-electron chi connectivity index (χ4n) is 5.19. The Hall–Kier alpha value is -4.70. The molecule has 0 bridgehead atoms. The first-order chi connectivity index (χ1) is 20.3. The Balaban J connectivity index is 1.17. The van der Waals surface area contributed by atoms with Crippen LogP contribution in [0.15, 0.2) is 91.3 Å². The summed E-state index contributed by atoms with van der Waals surface area (Å²) in [5, 5.41) is 10.8. The summed E-state index contributed by atoms with van der Waals surface area (Å²) in [7, 11) is 0. The van der Waals surface area contributed by atoms with E-state index in [0.717, 1.165) is 60.3 Å². The zero-order valence-corrected chi connectivity index (χ0v) is 22.7. The summed E-state index contributed by atoms with van der Waals surface area (Å²) < 4.78 is 40.7. The van der Waals surface area contributed by atoms with Gasteiger partial charge in [0.2, 0.25) is 0 Å². The van der Waals surface area contributed by atoms with E-state index in [1.165, 1.54) is 12.1 Å². The van der Waals surface area contributed by atoms with Gasteiger partial charge in [-0.05, 0) is 53.8 Å². The van der Waals surface area contributed by atoms with Gasteiger partial charge in [0.05, 0.1) is 23.1 Å². The molecule has 0 aliphatic carbocycles. The number of amides is 1. The highest BCUT2D eigenvalue weighted by Crippen LogP contribution is 2.30. The van der Waals surface area contributed by atoms with Crippen LogP contribution < -0.4 is 15.5 Å². The van der Waals surface area contributed by atoms with E-state index in [9.17, 15) is 18.0 Å². The summed E-state index contributed by atoms with van der Waals surface area (Å²) >= 11 is 0. The Morgan fingerprint density at radius 2 is 1.67 bits per heavy atom. The van der Waals surface area contributed by atoms with Gasteiger partial charge < -0.3 is 15.5 Å². The number of piperazine rings is 1. The maximum Gasteiger partial charge on any atom is 0.416 e. The number of alkyl halides is 3. The molecule has 42 heavy (non-hydrogen) atoms. The molecule has 3 heterocycles. The normalized spacial score (nSPS) is 13.8. The van der Waals surface area contributed by atoms with Crippen molar-refractivity contribution in [3.8, 4) is 11.1 Å². The molecular weight excluding hydrogens is 541 g/mol. The Bertz CT molecular complexity index is 1710. The number of benzene rings is 3. The second kappa shape index (κ2) is 11.7. The molecule has 0 atom stereocenters. The Morgan fingerprint density at radius 1 is 0.905 bits per heavy atom. The SMILES string of the molecule is O=C(Nc1ccccc1N1CCNCC1)c1ccn2ncc(-c3ccc(CCc4cccc(C(F)(F)F)c4)cc3)c2n1. The lowest BCUT2D eigenvalue weighted by Crippen LogP contribution is -2.43. The number of nitrogens with one attached hydrogen (secondary N) is 2. The molecule has 0 saturated carbocycles. The van der Waals surface area contributed by atoms with Crippen LogP contribution >= 0.6 is 0 Å². The highest BCUT2D eigenvalue weighted by molar-refractivity contribution is 6.05. The highest BCUT2D eigenvalue weighted by Gasteiger charge is 2.30. The van der Waals surface area contributed by atoms with Crippen molar-refractivity contribution < 1.29 is 18.0 Å². The third kappa shape index (κ3) is 5.99. The van der Waals surface area contributed by atoms with Gasteiger partial charge in [-0.1, -0.05) is 54.6 Å². The summed E-state index contributed by atoms with van der Waals surface area (Å²) in [5.41, 5.74) is 5.20. The lowest BCUT2D eigenvalue weighted by Gasteiger charge is -2.31. The molecule has 3 aromatic carbocycles. The van der Waals surface area contributed by atoms with Crippen LogP contribution in [0.4, 0.5) is 24.5 Å². The lowest BCUT2D eigenvalue weighted by molar-refractivity contribution is -0.137. The minimum Gasteiger partial charge on any atom is -0.367 e. The monoisotopic (exact) mass is 570 g/mol. The Labute approximate surface area is 241 Å². The average molecular weight is 571 g/mol. The number of hydrogen-bond acceptors (Lipinski definition) is 5. The molecule has 1 aliphatic rings. The number of hydrogen-bond donors (Lipinski definition) is 2. The molecule has 7 nitrogen and oxygen atoms in total. The highest BCUT2D eigenvalue weighted by atomic mass is 19.4. The molecule has 0 spiro atoms. The molecule has 10 heteroatoms. The van der Waals surface area contributed by atoms with Gasteiger partial charge in [0.25, 0.3) is 5.91 Å². The van der Waals surface area contributed by atoms with Gasteiger partial charge in [-0.3, -0.25) is 4.79 Å². The average Bonchev–Trinajstić information content (AvgIpc) is 3.44. The molecule has 214 valence electrons. The number of carbonyl (C=O) groups is 1. The number of anilines is 2. The van der Waals surface area contributed by atoms with Gasteiger partial charge in [0, 0.05) is 37.9 Å². The predicted octanol–water partition coefficient (Wildman–Crippen LogP) is 5.86. The number of halogens is 3. The Kier molecular flexibility index (Phi) is 7.62. The molecular formula is C32H29F3N6O. The third-order valence-electron chi connectivity index (χ3n) is 7.43. The first-order valence-electron chi connectivity index (χ1n) is 13.8. The molecule has 0 radical (unpaired) electrons. The number of aryl methyl sites for hydroxylation is 2.